The fourth-order valence-electron chi connectivity index (χ4n) is 3.64. The highest BCUT2D eigenvalue weighted by molar-refractivity contribution is 5.45. The molecule has 1 N–H and O–H groups in total. The maximum atomic E-state index is 3.81. The monoisotopic (exact) mass is 273 g/mol. The molecule has 3 unspecified atom stereocenters. The first-order valence-electron chi connectivity index (χ1n) is 8.45. The van der Waals surface area contributed by atoms with Crippen molar-refractivity contribution in [2.24, 2.45) is 17.8 Å². The lowest BCUT2D eigenvalue weighted by Gasteiger charge is -2.38. The van der Waals surface area contributed by atoms with Crippen molar-refractivity contribution >= 4 is 5.69 Å². The zero-order valence-corrected chi connectivity index (χ0v) is 13.7. The average molecular weight is 273 g/mol. The molecule has 0 radical (unpaired) electrons. The summed E-state index contributed by atoms with van der Waals surface area (Å²) in [5, 5.41) is 3.81. The van der Waals surface area contributed by atoms with Crippen LogP contribution in [0.5, 0.6) is 0 Å². The zero-order valence-electron chi connectivity index (χ0n) is 13.7. The van der Waals surface area contributed by atoms with Crippen LogP contribution in [0.15, 0.2) is 24.3 Å². The Kier molecular flexibility index (Phi) is 5.51. The van der Waals surface area contributed by atoms with E-state index in [1.807, 2.05) is 0 Å². The van der Waals surface area contributed by atoms with Crippen LogP contribution in [0.3, 0.4) is 0 Å². The van der Waals surface area contributed by atoms with Crippen LogP contribution in [0.4, 0.5) is 5.69 Å². The van der Waals surface area contributed by atoms with Gasteiger partial charge in [0, 0.05) is 11.7 Å². The highest BCUT2D eigenvalue weighted by atomic mass is 14.9. The first-order chi connectivity index (χ1) is 9.60. The van der Waals surface area contributed by atoms with E-state index in [0.29, 0.717) is 6.04 Å². The second-order valence-electron chi connectivity index (χ2n) is 7.02. The molecule has 1 aliphatic rings. The van der Waals surface area contributed by atoms with Crippen molar-refractivity contribution in [3.63, 3.8) is 0 Å². The fraction of sp³-hybridized carbons (Fsp3) is 0.684. The second-order valence-corrected chi connectivity index (χ2v) is 7.02. The molecule has 3 atom stereocenters. The number of aryl methyl sites for hydroxylation is 1. The molecular weight excluding hydrogens is 242 g/mol. The third-order valence-electron chi connectivity index (χ3n) is 4.87. The number of anilines is 1. The molecule has 0 aromatic heterocycles. The molecule has 0 spiro atoms. The first-order valence-corrected chi connectivity index (χ1v) is 8.45. The van der Waals surface area contributed by atoms with Gasteiger partial charge in [-0.25, -0.2) is 0 Å². The first kappa shape index (κ1) is 15.4. The molecule has 1 nitrogen and oxygen atoms in total. The smallest absolute Gasteiger partial charge is 0.0342 e. The minimum Gasteiger partial charge on any atom is -0.382 e. The maximum absolute atomic E-state index is 3.81. The SMILES string of the molecule is CCCc1ccc(NC2CC(C)CCC2C(C)C)cc1. The second kappa shape index (κ2) is 7.15. The van der Waals surface area contributed by atoms with Crippen LogP contribution >= 0.6 is 0 Å². The predicted octanol–water partition coefficient (Wildman–Crippen LogP) is 5.51. The Balaban J connectivity index is 2.02. The van der Waals surface area contributed by atoms with E-state index < -0.39 is 0 Å². The summed E-state index contributed by atoms with van der Waals surface area (Å²) in [6.45, 7) is 9.39. The van der Waals surface area contributed by atoms with Gasteiger partial charge in [-0.15, -0.1) is 0 Å². The van der Waals surface area contributed by atoms with Crippen molar-refractivity contribution in [3.05, 3.63) is 29.8 Å². The van der Waals surface area contributed by atoms with E-state index >= 15 is 0 Å². The van der Waals surface area contributed by atoms with Gasteiger partial charge in [-0.1, -0.05) is 52.7 Å². The highest BCUT2D eigenvalue weighted by Gasteiger charge is 2.30. The van der Waals surface area contributed by atoms with Crippen LogP contribution < -0.4 is 5.32 Å². The number of rotatable bonds is 5. The summed E-state index contributed by atoms with van der Waals surface area (Å²) in [5.74, 6) is 2.46. The van der Waals surface area contributed by atoms with Crippen molar-refractivity contribution in [1.82, 2.24) is 0 Å². The number of benzene rings is 1. The Morgan fingerprint density at radius 3 is 2.45 bits per heavy atom. The lowest BCUT2D eigenvalue weighted by molar-refractivity contribution is 0.212. The third kappa shape index (κ3) is 4.01. The summed E-state index contributed by atoms with van der Waals surface area (Å²) in [5.41, 5.74) is 2.75. The van der Waals surface area contributed by atoms with Gasteiger partial charge in [0.2, 0.25) is 0 Å². The minimum absolute atomic E-state index is 0.649. The van der Waals surface area contributed by atoms with Gasteiger partial charge < -0.3 is 5.32 Å². The van der Waals surface area contributed by atoms with Crippen molar-refractivity contribution in [2.75, 3.05) is 5.32 Å². The molecule has 0 heterocycles. The molecule has 1 aromatic rings. The van der Waals surface area contributed by atoms with E-state index in [1.165, 1.54) is 43.4 Å². The van der Waals surface area contributed by atoms with Crippen molar-refractivity contribution < 1.29 is 0 Å². The summed E-state index contributed by atoms with van der Waals surface area (Å²) in [6.07, 6.45) is 6.51. The van der Waals surface area contributed by atoms with Crippen molar-refractivity contribution in [2.45, 2.75) is 65.8 Å². The number of hydrogen-bond donors (Lipinski definition) is 1. The predicted molar refractivity (Wildman–Crippen MR) is 89.2 cm³/mol. The van der Waals surface area contributed by atoms with Gasteiger partial charge in [0.05, 0.1) is 0 Å². The van der Waals surface area contributed by atoms with Gasteiger partial charge in [-0.2, -0.15) is 0 Å². The topological polar surface area (TPSA) is 12.0 Å². The Morgan fingerprint density at radius 2 is 1.85 bits per heavy atom. The molecule has 0 bridgehead atoms. The van der Waals surface area contributed by atoms with Crippen LogP contribution in [-0.4, -0.2) is 6.04 Å². The summed E-state index contributed by atoms with van der Waals surface area (Å²) >= 11 is 0. The van der Waals surface area contributed by atoms with Gasteiger partial charge in [-0.3, -0.25) is 0 Å². The number of hydrogen-bond acceptors (Lipinski definition) is 1. The van der Waals surface area contributed by atoms with Crippen LogP contribution in [0, 0.1) is 17.8 Å². The number of nitrogens with one attached hydrogen (secondary N) is 1. The van der Waals surface area contributed by atoms with Crippen LogP contribution in [0.1, 0.15) is 58.9 Å². The van der Waals surface area contributed by atoms with E-state index in [0.717, 1.165) is 17.8 Å². The molecular formula is C19H31N. The van der Waals surface area contributed by atoms with Gasteiger partial charge in [-0.05, 0) is 54.7 Å². The standard InChI is InChI=1S/C19H31N/c1-5-6-16-8-10-17(11-9-16)20-19-13-15(4)7-12-18(19)14(2)3/h8-11,14-15,18-20H,5-7,12-13H2,1-4H3. The molecule has 0 aliphatic heterocycles. The fourth-order valence-corrected chi connectivity index (χ4v) is 3.64. The quantitative estimate of drug-likeness (QED) is 0.745. The van der Waals surface area contributed by atoms with Crippen molar-refractivity contribution in [3.8, 4) is 0 Å². The minimum atomic E-state index is 0.649. The molecule has 1 heteroatoms. The van der Waals surface area contributed by atoms with Gasteiger partial charge in [0.25, 0.3) is 0 Å². The summed E-state index contributed by atoms with van der Waals surface area (Å²) in [4.78, 5) is 0. The van der Waals surface area contributed by atoms with E-state index in [2.05, 4.69) is 57.3 Å². The van der Waals surface area contributed by atoms with E-state index in [9.17, 15) is 0 Å². The third-order valence-corrected chi connectivity index (χ3v) is 4.87. The lowest BCUT2D eigenvalue weighted by Crippen LogP contribution is -2.37. The van der Waals surface area contributed by atoms with Crippen LogP contribution in [0.25, 0.3) is 0 Å². The molecule has 112 valence electrons. The summed E-state index contributed by atoms with van der Waals surface area (Å²) in [6, 6.07) is 9.74. The van der Waals surface area contributed by atoms with E-state index in [1.54, 1.807) is 0 Å². The van der Waals surface area contributed by atoms with E-state index in [4.69, 9.17) is 0 Å². The molecule has 1 fully saturated rings. The molecule has 0 amide bonds. The Bertz CT molecular complexity index is 393. The maximum Gasteiger partial charge on any atom is 0.0342 e. The summed E-state index contributed by atoms with van der Waals surface area (Å²) in [7, 11) is 0. The zero-order chi connectivity index (χ0) is 14.5. The largest absolute Gasteiger partial charge is 0.382 e. The van der Waals surface area contributed by atoms with Gasteiger partial charge >= 0.3 is 0 Å². The molecule has 2 rings (SSSR count). The van der Waals surface area contributed by atoms with Gasteiger partial charge in [0.15, 0.2) is 0 Å². The Hall–Kier alpha value is -0.980. The Morgan fingerprint density at radius 1 is 1.15 bits per heavy atom. The normalized spacial score (nSPS) is 26.8. The van der Waals surface area contributed by atoms with Crippen LogP contribution in [0.2, 0.25) is 0 Å². The lowest BCUT2D eigenvalue weighted by atomic mass is 9.74. The molecule has 1 saturated carbocycles. The highest BCUT2D eigenvalue weighted by Crippen LogP contribution is 2.35. The molecule has 20 heavy (non-hydrogen) atoms. The van der Waals surface area contributed by atoms with E-state index in [-0.39, 0.29) is 0 Å². The summed E-state index contributed by atoms with van der Waals surface area (Å²) < 4.78 is 0. The molecule has 1 aliphatic carbocycles. The Labute approximate surface area is 125 Å². The van der Waals surface area contributed by atoms with Crippen LogP contribution in [-0.2, 0) is 6.42 Å². The average Bonchev–Trinajstić information content (AvgIpc) is 2.41. The van der Waals surface area contributed by atoms with Crippen molar-refractivity contribution in [1.29, 1.82) is 0 Å². The van der Waals surface area contributed by atoms with Gasteiger partial charge in [0.1, 0.15) is 0 Å². The molecule has 0 saturated heterocycles. The molecule has 1 aromatic carbocycles.